The summed E-state index contributed by atoms with van der Waals surface area (Å²) in [6.45, 7) is 1.03. The number of amides is 1. The van der Waals surface area contributed by atoms with Gasteiger partial charge in [-0.1, -0.05) is 0 Å². The lowest BCUT2D eigenvalue weighted by Crippen LogP contribution is -2.26. The second kappa shape index (κ2) is 6.36. The van der Waals surface area contributed by atoms with Crippen LogP contribution in [0.2, 0.25) is 0 Å². The van der Waals surface area contributed by atoms with Gasteiger partial charge in [-0.05, 0) is 17.0 Å². The van der Waals surface area contributed by atoms with Crippen molar-refractivity contribution in [1.29, 1.82) is 0 Å². The number of carbonyl (C=O) groups excluding carboxylic acids is 1. The van der Waals surface area contributed by atoms with E-state index in [1.807, 2.05) is 0 Å². The van der Waals surface area contributed by atoms with Gasteiger partial charge in [-0.3, -0.25) is 4.79 Å². The minimum absolute atomic E-state index is 0.0567. The molecule has 0 aliphatic heterocycles. The second-order valence-electron chi connectivity index (χ2n) is 3.80. The highest BCUT2D eigenvalue weighted by Crippen LogP contribution is 2.16. The highest BCUT2D eigenvalue weighted by atomic mass is 32.1. The van der Waals surface area contributed by atoms with Gasteiger partial charge in [0.25, 0.3) is 0 Å². The third-order valence-corrected chi connectivity index (χ3v) is 3.22. The Morgan fingerprint density at radius 3 is 2.76 bits per heavy atom. The molecule has 0 saturated carbocycles. The Bertz CT molecular complexity index is 401. The van der Waals surface area contributed by atoms with Crippen LogP contribution in [0, 0.1) is 0 Å². The van der Waals surface area contributed by atoms with E-state index in [0.717, 1.165) is 5.56 Å². The van der Waals surface area contributed by atoms with Crippen molar-refractivity contribution < 1.29 is 14.7 Å². The zero-order chi connectivity index (χ0) is 12.8. The number of carbonyl (C=O) groups is 2. The zero-order valence-corrected chi connectivity index (χ0v) is 10.7. The molecule has 0 unspecified atom stereocenters. The van der Waals surface area contributed by atoms with Crippen molar-refractivity contribution in [3.63, 3.8) is 0 Å². The molecular formula is C11H16N2O3S. The molecule has 0 fully saturated rings. The van der Waals surface area contributed by atoms with Gasteiger partial charge in [0.05, 0.1) is 0 Å². The minimum atomic E-state index is -0.902. The van der Waals surface area contributed by atoms with Crippen molar-refractivity contribution in [2.75, 3.05) is 20.6 Å². The maximum atomic E-state index is 11.3. The fourth-order valence-electron chi connectivity index (χ4n) is 1.30. The van der Waals surface area contributed by atoms with E-state index < -0.39 is 5.97 Å². The molecule has 2 N–H and O–H groups in total. The van der Waals surface area contributed by atoms with Gasteiger partial charge >= 0.3 is 5.97 Å². The lowest BCUT2D eigenvalue weighted by molar-refractivity contribution is -0.128. The van der Waals surface area contributed by atoms with Crippen LogP contribution in [0.5, 0.6) is 0 Å². The largest absolute Gasteiger partial charge is 0.477 e. The van der Waals surface area contributed by atoms with Gasteiger partial charge in [-0.15, -0.1) is 11.3 Å². The van der Waals surface area contributed by atoms with Crippen molar-refractivity contribution in [2.45, 2.75) is 13.0 Å². The molecule has 17 heavy (non-hydrogen) atoms. The Morgan fingerprint density at radius 2 is 2.18 bits per heavy atom. The minimum Gasteiger partial charge on any atom is -0.477 e. The average Bonchev–Trinajstić information content (AvgIpc) is 2.72. The quantitative estimate of drug-likeness (QED) is 0.745. The lowest BCUT2D eigenvalue weighted by atomic mass is 10.2. The zero-order valence-electron chi connectivity index (χ0n) is 9.90. The summed E-state index contributed by atoms with van der Waals surface area (Å²) in [5.74, 6) is -0.845. The van der Waals surface area contributed by atoms with E-state index in [4.69, 9.17) is 5.11 Å². The normalized spacial score (nSPS) is 10.2. The molecule has 1 aromatic heterocycles. The van der Waals surface area contributed by atoms with Gasteiger partial charge in [0.1, 0.15) is 4.88 Å². The van der Waals surface area contributed by atoms with E-state index >= 15 is 0 Å². The van der Waals surface area contributed by atoms with Gasteiger partial charge in [0.15, 0.2) is 0 Å². The summed E-state index contributed by atoms with van der Waals surface area (Å²) in [4.78, 5) is 24.0. The molecule has 0 atom stereocenters. The van der Waals surface area contributed by atoms with Gasteiger partial charge in [0, 0.05) is 33.6 Å². The van der Waals surface area contributed by atoms with Crippen LogP contribution in [0.25, 0.3) is 0 Å². The van der Waals surface area contributed by atoms with Crippen LogP contribution in [-0.2, 0) is 11.3 Å². The predicted octanol–water partition coefficient (Wildman–Crippen LogP) is 1.01. The number of hydrogen-bond donors (Lipinski definition) is 2. The Morgan fingerprint density at radius 1 is 1.47 bits per heavy atom. The van der Waals surface area contributed by atoms with Crippen molar-refractivity contribution in [2.24, 2.45) is 0 Å². The molecule has 1 rings (SSSR count). The summed E-state index contributed by atoms with van der Waals surface area (Å²) < 4.78 is 0. The molecule has 0 radical (unpaired) electrons. The number of hydrogen-bond acceptors (Lipinski definition) is 4. The van der Waals surface area contributed by atoms with Crippen LogP contribution < -0.4 is 5.32 Å². The molecule has 6 heteroatoms. The number of thiophene rings is 1. The Kier molecular flexibility index (Phi) is 5.11. The summed E-state index contributed by atoms with van der Waals surface area (Å²) in [6, 6.07) is 1.79. The summed E-state index contributed by atoms with van der Waals surface area (Å²) in [7, 11) is 3.42. The Balaban J connectivity index is 2.34. The lowest BCUT2D eigenvalue weighted by Gasteiger charge is -2.10. The van der Waals surface area contributed by atoms with Gasteiger partial charge < -0.3 is 15.3 Å². The van der Waals surface area contributed by atoms with Gasteiger partial charge in [-0.2, -0.15) is 0 Å². The van der Waals surface area contributed by atoms with E-state index in [1.165, 1.54) is 16.2 Å². The molecule has 0 aliphatic carbocycles. The number of rotatable bonds is 6. The molecule has 0 bridgehead atoms. The highest BCUT2D eigenvalue weighted by molar-refractivity contribution is 7.12. The van der Waals surface area contributed by atoms with Crippen molar-refractivity contribution in [1.82, 2.24) is 10.2 Å². The number of nitrogens with zero attached hydrogens (tertiary/aromatic N) is 1. The average molecular weight is 256 g/mol. The molecule has 94 valence electrons. The van der Waals surface area contributed by atoms with E-state index in [-0.39, 0.29) is 5.91 Å². The summed E-state index contributed by atoms with van der Waals surface area (Å²) >= 11 is 1.21. The van der Waals surface area contributed by atoms with Crippen molar-refractivity contribution in [3.8, 4) is 0 Å². The smallest absolute Gasteiger partial charge is 0.346 e. The van der Waals surface area contributed by atoms with E-state index in [1.54, 1.807) is 25.5 Å². The van der Waals surface area contributed by atoms with Crippen molar-refractivity contribution in [3.05, 3.63) is 21.9 Å². The van der Waals surface area contributed by atoms with E-state index in [0.29, 0.717) is 24.4 Å². The maximum Gasteiger partial charge on any atom is 0.346 e. The first-order valence-corrected chi connectivity index (χ1v) is 6.11. The summed E-state index contributed by atoms with van der Waals surface area (Å²) in [5, 5.41) is 13.7. The maximum absolute atomic E-state index is 11.3. The third-order valence-electron chi connectivity index (χ3n) is 2.27. The first-order valence-electron chi connectivity index (χ1n) is 5.23. The van der Waals surface area contributed by atoms with Gasteiger partial charge in [0.2, 0.25) is 5.91 Å². The number of carboxylic acid groups (broad SMARTS) is 1. The van der Waals surface area contributed by atoms with Crippen LogP contribution in [0.3, 0.4) is 0 Å². The standard InChI is InChI=1S/C11H16N2O3S/c1-13(2)9(14)3-5-12-7-8-4-6-17-10(8)11(15)16/h4,6,12H,3,5,7H2,1-2H3,(H,15,16). The fraction of sp³-hybridized carbons (Fsp3) is 0.455. The SMILES string of the molecule is CN(C)C(=O)CCNCc1ccsc1C(=O)O. The number of aromatic carboxylic acids is 1. The number of carboxylic acids is 1. The topological polar surface area (TPSA) is 69.6 Å². The predicted molar refractivity (Wildman–Crippen MR) is 66.3 cm³/mol. The van der Waals surface area contributed by atoms with Crippen LogP contribution >= 0.6 is 11.3 Å². The second-order valence-corrected chi connectivity index (χ2v) is 4.71. The number of nitrogens with one attached hydrogen (secondary N) is 1. The van der Waals surface area contributed by atoms with E-state index in [9.17, 15) is 9.59 Å². The van der Waals surface area contributed by atoms with E-state index in [2.05, 4.69) is 5.32 Å². The first-order chi connectivity index (χ1) is 8.02. The molecule has 5 nitrogen and oxygen atoms in total. The fourth-order valence-corrected chi connectivity index (χ4v) is 2.07. The van der Waals surface area contributed by atoms with Crippen molar-refractivity contribution >= 4 is 23.2 Å². The monoisotopic (exact) mass is 256 g/mol. The molecule has 1 heterocycles. The molecule has 1 amide bonds. The van der Waals surface area contributed by atoms with Crippen LogP contribution in [-0.4, -0.2) is 42.5 Å². The molecule has 0 aromatic carbocycles. The van der Waals surface area contributed by atoms with Gasteiger partial charge in [-0.25, -0.2) is 4.79 Å². The van der Waals surface area contributed by atoms with Crippen LogP contribution in [0.4, 0.5) is 0 Å². The third kappa shape index (κ3) is 4.16. The molecule has 0 spiro atoms. The molecular weight excluding hydrogens is 240 g/mol. The highest BCUT2D eigenvalue weighted by Gasteiger charge is 2.11. The molecule has 0 saturated heterocycles. The summed E-state index contributed by atoms with van der Waals surface area (Å²) in [5.41, 5.74) is 0.764. The van der Waals surface area contributed by atoms with Crippen LogP contribution in [0.15, 0.2) is 11.4 Å². The molecule has 0 aliphatic rings. The first kappa shape index (κ1) is 13.7. The Labute approximate surface area is 104 Å². The summed E-state index contributed by atoms with van der Waals surface area (Å²) in [6.07, 6.45) is 0.416. The van der Waals surface area contributed by atoms with Crippen LogP contribution in [0.1, 0.15) is 21.7 Å². The Hall–Kier alpha value is -1.40. The molecule has 1 aromatic rings.